The first kappa shape index (κ1) is 24.2. The molecule has 0 aliphatic carbocycles. The van der Waals surface area contributed by atoms with Gasteiger partial charge in [0.1, 0.15) is 24.7 Å². The first-order valence-electron chi connectivity index (χ1n) is 11.0. The Labute approximate surface area is 208 Å². The highest BCUT2D eigenvalue weighted by atomic mass is 35.5. The van der Waals surface area contributed by atoms with Gasteiger partial charge in [0, 0.05) is 5.56 Å². The first-order valence-corrected chi connectivity index (χ1v) is 11.4. The molecule has 0 unspecified atom stereocenters. The Hall–Kier alpha value is -3.97. The number of cyclic esters (lactones) is 1. The van der Waals surface area contributed by atoms with Crippen LogP contribution in [0.25, 0.3) is 6.08 Å². The molecule has 35 heavy (non-hydrogen) atoms. The molecule has 7 nitrogen and oxygen atoms in total. The molecular formula is C27H24ClNO6. The van der Waals surface area contributed by atoms with Gasteiger partial charge in [0.15, 0.2) is 17.2 Å². The van der Waals surface area contributed by atoms with Gasteiger partial charge in [0.25, 0.3) is 0 Å². The van der Waals surface area contributed by atoms with E-state index in [4.69, 9.17) is 35.3 Å². The zero-order chi connectivity index (χ0) is 24.6. The molecule has 0 aromatic heterocycles. The van der Waals surface area contributed by atoms with Crippen LogP contribution in [-0.2, 0) is 9.53 Å². The largest absolute Gasteiger partial charge is 0.497 e. The van der Waals surface area contributed by atoms with E-state index in [2.05, 4.69) is 4.99 Å². The molecule has 0 amide bonds. The van der Waals surface area contributed by atoms with Crippen molar-refractivity contribution in [3.8, 4) is 23.0 Å². The summed E-state index contributed by atoms with van der Waals surface area (Å²) in [5.74, 6) is 2.03. The first-order chi connectivity index (χ1) is 17.1. The number of hydrogen-bond acceptors (Lipinski definition) is 7. The van der Waals surface area contributed by atoms with Crippen molar-refractivity contribution in [1.29, 1.82) is 0 Å². The lowest BCUT2D eigenvalue weighted by atomic mass is 10.1. The minimum Gasteiger partial charge on any atom is -0.497 e. The average molecular weight is 494 g/mol. The Morgan fingerprint density at radius 2 is 1.66 bits per heavy atom. The maximum atomic E-state index is 12.3. The Kier molecular flexibility index (Phi) is 7.90. The molecule has 3 aromatic rings. The predicted octanol–water partition coefficient (Wildman–Crippen LogP) is 5.55. The monoisotopic (exact) mass is 493 g/mol. The minimum atomic E-state index is -0.533. The summed E-state index contributed by atoms with van der Waals surface area (Å²) in [4.78, 5) is 16.7. The van der Waals surface area contributed by atoms with E-state index in [1.165, 1.54) is 0 Å². The van der Waals surface area contributed by atoms with Gasteiger partial charge < -0.3 is 23.7 Å². The number of rotatable bonds is 10. The second kappa shape index (κ2) is 11.4. The van der Waals surface area contributed by atoms with Gasteiger partial charge in [-0.1, -0.05) is 29.8 Å². The molecule has 0 N–H and O–H groups in total. The highest BCUT2D eigenvalue weighted by Crippen LogP contribution is 2.37. The van der Waals surface area contributed by atoms with Crippen LogP contribution in [0.4, 0.5) is 0 Å². The molecule has 8 heteroatoms. The molecule has 0 saturated carbocycles. The van der Waals surface area contributed by atoms with Crippen molar-refractivity contribution in [3.05, 3.63) is 88.6 Å². The number of hydrogen-bond donors (Lipinski definition) is 0. The zero-order valence-electron chi connectivity index (χ0n) is 19.3. The maximum absolute atomic E-state index is 12.3. The molecule has 1 aliphatic heterocycles. The summed E-state index contributed by atoms with van der Waals surface area (Å²) in [5, 5.41) is 0.339. The molecule has 0 atom stereocenters. The number of ether oxygens (including phenoxy) is 5. The maximum Gasteiger partial charge on any atom is 0.363 e. The van der Waals surface area contributed by atoms with Crippen molar-refractivity contribution < 1.29 is 28.5 Å². The number of halogens is 1. The normalized spacial score (nSPS) is 13.9. The van der Waals surface area contributed by atoms with Crippen LogP contribution in [0.5, 0.6) is 23.0 Å². The number of nitrogens with zero attached hydrogens (tertiary/aromatic N) is 1. The van der Waals surface area contributed by atoms with E-state index in [9.17, 15) is 4.79 Å². The number of esters is 1. The Morgan fingerprint density at radius 1 is 0.943 bits per heavy atom. The summed E-state index contributed by atoms with van der Waals surface area (Å²) in [6.45, 7) is 2.83. The molecule has 0 bridgehead atoms. The van der Waals surface area contributed by atoms with Crippen LogP contribution in [0, 0.1) is 0 Å². The van der Waals surface area contributed by atoms with E-state index in [1.54, 1.807) is 25.3 Å². The van der Waals surface area contributed by atoms with Crippen LogP contribution in [-0.4, -0.2) is 38.8 Å². The Morgan fingerprint density at radius 3 is 2.37 bits per heavy atom. The van der Waals surface area contributed by atoms with Crippen LogP contribution in [0.15, 0.2) is 77.4 Å². The second-order valence-corrected chi connectivity index (χ2v) is 7.74. The average Bonchev–Trinajstić information content (AvgIpc) is 3.24. The number of benzene rings is 3. The number of aliphatic imine (C=N–C) groups is 1. The lowest BCUT2D eigenvalue weighted by Gasteiger charge is -2.15. The third-order valence-corrected chi connectivity index (χ3v) is 5.21. The topological polar surface area (TPSA) is 75.6 Å². The van der Waals surface area contributed by atoms with Crippen LogP contribution < -0.4 is 18.9 Å². The van der Waals surface area contributed by atoms with Gasteiger partial charge in [-0.3, -0.25) is 0 Å². The van der Waals surface area contributed by atoms with Gasteiger partial charge in [-0.2, -0.15) is 0 Å². The van der Waals surface area contributed by atoms with Crippen LogP contribution in [0.1, 0.15) is 18.1 Å². The fourth-order valence-corrected chi connectivity index (χ4v) is 3.59. The SMILES string of the molecule is CCOc1cc(/C=C2\N=C(c3ccccc3)OC2=O)cc(Cl)c1OCCOc1ccc(OC)cc1. The smallest absolute Gasteiger partial charge is 0.363 e. The van der Waals surface area contributed by atoms with Crippen LogP contribution in [0.3, 0.4) is 0 Å². The highest BCUT2D eigenvalue weighted by Gasteiger charge is 2.24. The van der Waals surface area contributed by atoms with Crippen molar-refractivity contribution in [2.75, 3.05) is 26.9 Å². The Bertz CT molecular complexity index is 1240. The van der Waals surface area contributed by atoms with Crippen molar-refractivity contribution >= 4 is 29.5 Å². The fraction of sp³-hybridized carbons (Fsp3) is 0.185. The van der Waals surface area contributed by atoms with Gasteiger partial charge >= 0.3 is 5.97 Å². The van der Waals surface area contributed by atoms with E-state index in [0.717, 1.165) is 11.3 Å². The summed E-state index contributed by atoms with van der Waals surface area (Å²) in [6.07, 6.45) is 1.60. The van der Waals surface area contributed by atoms with Crippen molar-refractivity contribution in [3.63, 3.8) is 0 Å². The third kappa shape index (κ3) is 6.13. The van der Waals surface area contributed by atoms with E-state index in [0.29, 0.717) is 41.0 Å². The van der Waals surface area contributed by atoms with Crippen LogP contribution >= 0.6 is 11.6 Å². The van der Waals surface area contributed by atoms with E-state index < -0.39 is 5.97 Å². The summed E-state index contributed by atoms with van der Waals surface area (Å²) < 4.78 is 27.7. The van der Waals surface area contributed by atoms with Gasteiger partial charge in [-0.05, 0) is 67.1 Å². The number of methoxy groups -OCH3 is 1. The number of carbonyl (C=O) groups is 1. The standard InChI is InChI=1S/C27H24ClNO6/c1-3-32-24-17-18(16-23-27(30)35-26(29-23)19-7-5-4-6-8-19)15-22(28)25(24)34-14-13-33-21-11-9-20(31-2)10-12-21/h4-12,15-17H,3,13-14H2,1-2H3/b23-16-. The van der Waals surface area contributed by atoms with Crippen molar-refractivity contribution in [1.82, 2.24) is 0 Å². The molecule has 1 aliphatic rings. The zero-order valence-corrected chi connectivity index (χ0v) is 20.1. The summed E-state index contributed by atoms with van der Waals surface area (Å²) >= 11 is 6.51. The Balaban J connectivity index is 1.46. The summed E-state index contributed by atoms with van der Waals surface area (Å²) in [6, 6.07) is 19.9. The van der Waals surface area contributed by atoms with E-state index in [1.807, 2.05) is 61.5 Å². The highest BCUT2D eigenvalue weighted by molar-refractivity contribution is 6.32. The molecule has 180 valence electrons. The predicted molar refractivity (Wildman–Crippen MR) is 134 cm³/mol. The van der Waals surface area contributed by atoms with Gasteiger partial charge in [0.05, 0.1) is 18.7 Å². The summed E-state index contributed by atoms with van der Waals surface area (Å²) in [5.41, 5.74) is 1.52. The summed E-state index contributed by atoms with van der Waals surface area (Å²) in [7, 11) is 1.61. The van der Waals surface area contributed by atoms with Gasteiger partial charge in [0.2, 0.25) is 5.90 Å². The van der Waals surface area contributed by atoms with Crippen molar-refractivity contribution in [2.45, 2.75) is 6.92 Å². The van der Waals surface area contributed by atoms with Gasteiger partial charge in [-0.15, -0.1) is 0 Å². The molecular weight excluding hydrogens is 470 g/mol. The minimum absolute atomic E-state index is 0.170. The molecule has 1 heterocycles. The van der Waals surface area contributed by atoms with Gasteiger partial charge in [-0.25, -0.2) is 9.79 Å². The van der Waals surface area contributed by atoms with Crippen LogP contribution in [0.2, 0.25) is 5.02 Å². The fourth-order valence-electron chi connectivity index (χ4n) is 3.32. The van der Waals surface area contributed by atoms with Crippen molar-refractivity contribution in [2.24, 2.45) is 4.99 Å². The number of carbonyl (C=O) groups excluding carboxylic acids is 1. The molecule has 3 aromatic carbocycles. The van der Waals surface area contributed by atoms with E-state index >= 15 is 0 Å². The lowest BCUT2D eigenvalue weighted by Crippen LogP contribution is -2.10. The molecule has 0 fully saturated rings. The molecule has 4 rings (SSSR count). The molecule has 0 radical (unpaired) electrons. The van der Waals surface area contributed by atoms with E-state index in [-0.39, 0.29) is 18.2 Å². The quantitative estimate of drug-likeness (QED) is 0.209. The lowest BCUT2D eigenvalue weighted by molar-refractivity contribution is -0.129. The second-order valence-electron chi connectivity index (χ2n) is 7.34. The molecule has 0 saturated heterocycles. The third-order valence-electron chi connectivity index (χ3n) is 4.93. The molecule has 0 spiro atoms.